The minimum absolute atomic E-state index is 1.15. The molecule has 0 aliphatic rings. The van der Waals surface area contributed by atoms with E-state index in [1.54, 1.807) is 0 Å². The van der Waals surface area contributed by atoms with E-state index in [-0.39, 0.29) is 0 Å². The SMILES string of the molecule is CCN(CC)CCc1cccc(CCN(CC)CC)c1. The molecule has 2 nitrogen and oxygen atoms in total. The number of benzene rings is 1. The first kappa shape index (κ1) is 17.2. The molecule has 20 heavy (non-hydrogen) atoms. The summed E-state index contributed by atoms with van der Waals surface area (Å²) in [4.78, 5) is 4.98. The third kappa shape index (κ3) is 6.06. The average molecular weight is 276 g/mol. The zero-order valence-electron chi connectivity index (χ0n) is 13.9. The van der Waals surface area contributed by atoms with Crippen LogP contribution in [0.5, 0.6) is 0 Å². The van der Waals surface area contributed by atoms with E-state index in [0.29, 0.717) is 0 Å². The molecule has 0 N–H and O–H groups in total. The number of hydrogen-bond donors (Lipinski definition) is 0. The number of likely N-dealkylation sites (N-methyl/N-ethyl adjacent to an activating group) is 2. The zero-order chi connectivity index (χ0) is 14.8. The second-order valence-electron chi connectivity index (χ2n) is 5.37. The quantitative estimate of drug-likeness (QED) is 0.646. The highest BCUT2D eigenvalue weighted by Gasteiger charge is 2.03. The van der Waals surface area contributed by atoms with Crippen LogP contribution in [0.3, 0.4) is 0 Å². The topological polar surface area (TPSA) is 6.48 Å². The van der Waals surface area contributed by atoms with Crippen molar-refractivity contribution in [1.29, 1.82) is 0 Å². The fourth-order valence-corrected chi connectivity index (χ4v) is 2.59. The molecular formula is C18H32N2. The first-order chi connectivity index (χ1) is 9.73. The number of nitrogens with zero attached hydrogens (tertiary/aromatic N) is 2. The summed E-state index contributed by atoms with van der Waals surface area (Å²) in [6.45, 7) is 15.9. The predicted molar refractivity (Wildman–Crippen MR) is 89.4 cm³/mol. The number of rotatable bonds is 10. The van der Waals surface area contributed by atoms with Gasteiger partial charge in [0.15, 0.2) is 0 Å². The molecule has 0 heterocycles. The maximum atomic E-state index is 2.49. The van der Waals surface area contributed by atoms with E-state index in [0.717, 1.165) is 26.2 Å². The Morgan fingerprint density at radius 1 is 0.700 bits per heavy atom. The summed E-state index contributed by atoms with van der Waals surface area (Å²) < 4.78 is 0. The van der Waals surface area contributed by atoms with Crippen molar-refractivity contribution < 1.29 is 0 Å². The normalized spacial score (nSPS) is 11.5. The molecule has 0 fully saturated rings. The highest BCUT2D eigenvalue weighted by Crippen LogP contribution is 2.08. The number of hydrogen-bond acceptors (Lipinski definition) is 2. The monoisotopic (exact) mass is 276 g/mol. The fraction of sp³-hybridized carbons (Fsp3) is 0.667. The summed E-state index contributed by atoms with van der Waals surface area (Å²) in [6.07, 6.45) is 2.33. The maximum absolute atomic E-state index is 2.49. The molecule has 0 radical (unpaired) electrons. The van der Waals surface area contributed by atoms with Crippen LogP contribution in [-0.4, -0.2) is 49.1 Å². The van der Waals surface area contributed by atoms with Crippen LogP contribution in [0, 0.1) is 0 Å². The molecular weight excluding hydrogens is 244 g/mol. The van der Waals surface area contributed by atoms with E-state index in [4.69, 9.17) is 0 Å². The summed E-state index contributed by atoms with van der Waals surface area (Å²) in [6, 6.07) is 9.15. The molecule has 0 saturated heterocycles. The van der Waals surface area contributed by atoms with E-state index < -0.39 is 0 Å². The molecule has 0 aromatic heterocycles. The van der Waals surface area contributed by atoms with Gasteiger partial charge in [-0.3, -0.25) is 0 Å². The van der Waals surface area contributed by atoms with Crippen molar-refractivity contribution in [3.05, 3.63) is 35.4 Å². The lowest BCUT2D eigenvalue weighted by Crippen LogP contribution is -2.26. The lowest BCUT2D eigenvalue weighted by Gasteiger charge is -2.19. The van der Waals surface area contributed by atoms with Gasteiger partial charge in [-0.15, -0.1) is 0 Å². The largest absolute Gasteiger partial charge is 0.304 e. The molecule has 2 heteroatoms. The van der Waals surface area contributed by atoms with Crippen LogP contribution in [0.1, 0.15) is 38.8 Å². The molecule has 1 aromatic rings. The molecule has 0 spiro atoms. The molecule has 1 rings (SSSR count). The molecule has 0 unspecified atom stereocenters. The highest BCUT2D eigenvalue weighted by atomic mass is 15.1. The van der Waals surface area contributed by atoms with Crippen LogP contribution in [0.15, 0.2) is 24.3 Å². The molecule has 0 amide bonds. The molecule has 1 aromatic carbocycles. The van der Waals surface area contributed by atoms with Gasteiger partial charge in [0.2, 0.25) is 0 Å². The lowest BCUT2D eigenvalue weighted by molar-refractivity contribution is 0.306. The Bertz CT molecular complexity index is 323. The van der Waals surface area contributed by atoms with Crippen LogP contribution in [0.25, 0.3) is 0 Å². The van der Waals surface area contributed by atoms with Crippen LogP contribution in [0.2, 0.25) is 0 Å². The van der Waals surface area contributed by atoms with Crippen molar-refractivity contribution in [3.63, 3.8) is 0 Å². The van der Waals surface area contributed by atoms with Crippen molar-refractivity contribution >= 4 is 0 Å². The van der Waals surface area contributed by atoms with Gasteiger partial charge < -0.3 is 9.80 Å². The van der Waals surface area contributed by atoms with Gasteiger partial charge in [-0.1, -0.05) is 52.0 Å². The molecule has 114 valence electrons. The Hall–Kier alpha value is -0.860. The van der Waals surface area contributed by atoms with Crippen LogP contribution in [0.4, 0.5) is 0 Å². The standard InChI is InChI=1S/C18H32N2/c1-5-19(6-2)14-12-17-10-9-11-18(16-17)13-15-20(7-3)8-4/h9-11,16H,5-8,12-15H2,1-4H3. The van der Waals surface area contributed by atoms with Gasteiger partial charge in [-0.25, -0.2) is 0 Å². The van der Waals surface area contributed by atoms with Gasteiger partial charge in [0.05, 0.1) is 0 Å². The third-order valence-corrected chi connectivity index (χ3v) is 4.21. The van der Waals surface area contributed by atoms with Crippen molar-refractivity contribution in [1.82, 2.24) is 9.80 Å². The van der Waals surface area contributed by atoms with Crippen LogP contribution in [-0.2, 0) is 12.8 Å². The average Bonchev–Trinajstić information content (AvgIpc) is 2.50. The summed E-state index contributed by atoms with van der Waals surface area (Å²) in [7, 11) is 0. The van der Waals surface area contributed by atoms with Crippen LogP contribution >= 0.6 is 0 Å². The van der Waals surface area contributed by atoms with E-state index in [9.17, 15) is 0 Å². The maximum Gasteiger partial charge on any atom is 0.00216 e. The van der Waals surface area contributed by atoms with E-state index in [2.05, 4.69) is 61.8 Å². The highest BCUT2D eigenvalue weighted by molar-refractivity contribution is 5.24. The first-order valence-corrected chi connectivity index (χ1v) is 8.25. The Morgan fingerprint density at radius 2 is 1.10 bits per heavy atom. The predicted octanol–water partition coefficient (Wildman–Crippen LogP) is 3.46. The van der Waals surface area contributed by atoms with Gasteiger partial charge in [-0.2, -0.15) is 0 Å². The van der Waals surface area contributed by atoms with Crippen LogP contribution < -0.4 is 0 Å². The second kappa shape index (κ2) is 9.95. The minimum Gasteiger partial charge on any atom is -0.304 e. The summed E-state index contributed by atoms with van der Waals surface area (Å²) in [5.41, 5.74) is 2.96. The Kier molecular flexibility index (Phi) is 8.56. The first-order valence-electron chi connectivity index (χ1n) is 8.25. The Balaban J connectivity index is 2.48. The lowest BCUT2D eigenvalue weighted by atomic mass is 10.1. The Labute approximate surface area is 125 Å². The van der Waals surface area contributed by atoms with Crippen molar-refractivity contribution in [2.45, 2.75) is 40.5 Å². The summed E-state index contributed by atoms with van der Waals surface area (Å²) >= 11 is 0. The molecule has 0 atom stereocenters. The van der Waals surface area contributed by atoms with E-state index in [1.165, 1.54) is 37.1 Å². The summed E-state index contributed by atoms with van der Waals surface area (Å²) in [5, 5.41) is 0. The smallest absolute Gasteiger partial charge is 0.00216 e. The third-order valence-electron chi connectivity index (χ3n) is 4.21. The van der Waals surface area contributed by atoms with Gasteiger partial charge in [0, 0.05) is 13.1 Å². The second-order valence-corrected chi connectivity index (χ2v) is 5.37. The van der Waals surface area contributed by atoms with E-state index >= 15 is 0 Å². The molecule has 0 saturated carbocycles. The minimum atomic E-state index is 1.15. The molecule has 0 aliphatic heterocycles. The summed E-state index contributed by atoms with van der Waals surface area (Å²) in [5.74, 6) is 0. The van der Waals surface area contributed by atoms with Gasteiger partial charge in [-0.05, 0) is 50.1 Å². The molecule has 0 bridgehead atoms. The van der Waals surface area contributed by atoms with Crippen molar-refractivity contribution in [3.8, 4) is 0 Å². The Morgan fingerprint density at radius 3 is 1.45 bits per heavy atom. The van der Waals surface area contributed by atoms with Crippen molar-refractivity contribution in [2.75, 3.05) is 39.3 Å². The van der Waals surface area contributed by atoms with Gasteiger partial charge in [0.1, 0.15) is 0 Å². The van der Waals surface area contributed by atoms with E-state index in [1.807, 2.05) is 0 Å². The van der Waals surface area contributed by atoms with Gasteiger partial charge in [0.25, 0.3) is 0 Å². The van der Waals surface area contributed by atoms with Gasteiger partial charge >= 0.3 is 0 Å². The fourth-order valence-electron chi connectivity index (χ4n) is 2.59. The molecule has 0 aliphatic carbocycles. The zero-order valence-corrected chi connectivity index (χ0v) is 13.9. The van der Waals surface area contributed by atoms with Crippen molar-refractivity contribution in [2.24, 2.45) is 0 Å².